The lowest BCUT2D eigenvalue weighted by Gasteiger charge is -2.20. The minimum atomic E-state index is -0.742. The van der Waals surface area contributed by atoms with Gasteiger partial charge < -0.3 is 9.84 Å². The second-order valence-electron chi connectivity index (χ2n) is 5.12. The van der Waals surface area contributed by atoms with Crippen molar-refractivity contribution in [2.75, 3.05) is 7.11 Å². The highest BCUT2D eigenvalue weighted by molar-refractivity contribution is 6.30. The average Bonchev–Trinajstić information content (AvgIpc) is 2.89. The molecule has 5 nitrogen and oxygen atoms in total. The van der Waals surface area contributed by atoms with Crippen molar-refractivity contribution < 1.29 is 14.6 Å². The molecule has 1 aliphatic carbocycles. The number of rotatable bonds is 3. The SMILES string of the molecule is COc1ccc(Cl)cc1-n1ncc2c1CCC(C(=O)O)C2. The predicted molar refractivity (Wildman–Crippen MR) is 78.3 cm³/mol. The first-order valence-electron chi connectivity index (χ1n) is 6.72. The van der Waals surface area contributed by atoms with Crippen LogP contribution in [0.4, 0.5) is 0 Å². The van der Waals surface area contributed by atoms with E-state index in [0.717, 1.165) is 16.9 Å². The monoisotopic (exact) mass is 306 g/mol. The highest BCUT2D eigenvalue weighted by atomic mass is 35.5. The Morgan fingerprint density at radius 1 is 1.52 bits per heavy atom. The molecule has 2 aromatic rings. The number of aliphatic carboxylic acids is 1. The third kappa shape index (κ3) is 2.49. The molecule has 0 bridgehead atoms. The molecule has 1 N–H and O–H groups in total. The Morgan fingerprint density at radius 2 is 2.33 bits per heavy atom. The number of methoxy groups -OCH3 is 1. The second kappa shape index (κ2) is 5.41. The highest BCUT2D eigenvalue weighted by Gasteiger charge is 2.27. The van der Waals surface area contributed by atoms with Gasteiger partial charge in [-0.15, -0.1) is 0 Å². The van der Waals surface area contributed by atoms with Gasteiger partial charge in [0.05, 0.1) is 19.2 Å². The molecule has 0 amide bonds. The van der Waals surface area contributed by atoms with Crippen LogP contribution >= 0.6 is 11.6 Å². The molecule has 1 unspecified atom stereocenters. The van der Waals surface area contributed by atoms with Crippen molar-refractivity contribution in [3.8, 4) is 11.4 Å². The fraction of sp³-hybridized carbons (Fsp3) is 0.333. The van der Waals surface area contributed by atoms with Crippen LogP contribution in [0.1, 0.15) is 17.7 Å². The zero-order chi connectivity index (χ0) is 15.0. The molecule has 1 heterocycles. The number of carboxylic acid groups (broad SMARTS) is 1. The standard InChI is InChI=1S/C15H15ClN2O3/c1-21-14-5-3-11(16)7-13(14)18-12-4-2-9(15(19)20)6-10(12)8-17-18/h3,5,7-9H,2,4,6H2,1H3,(H,19,20). The van der Waals surface area contributed by atoms with E-state index >= 15 is 0 Å². The number of hydrogen-bond acceptors (Lipinski definition) is 3. The minimum Gasteiger partial charge on any atom is -0.494 e. The summed E-state index contributed by atoms with van der Waals surface area (Å²) in [5, 5.41) is 14.1. The summed E-state index contributed by atoms with van der Waals surface area (Å²) in [6.45, 7) is 0. The lowest BCUT2D eigenvalue weighted by atomic mass is 9.88. The van der Waals surface area contributed by atoms with Crippen molar-refractivity contribution in [2.24, 2.45) is 5.92 Å². The molecule has 0 saturated heterocycles. The number of nitrogens with zero attached hydrogens (tertiary/aromatic N) is 2. The van der Waals surface area contributed by atoms with Gasteiger partial charge in [0, 0.05) is 10.7 Å². The van der Waals surface area contributed by atoms with Gasteiger partial charge in [-0.25, -0.2) is 4.68 Å². The Hall–Kier alpha value is -2.01. The van der Waals surface area contributed by atoms with Gasteiger partial charge in [-0.1, -0.05) is 11.6 Å². The molecule has 21 heavy (non-hydrogen) atoms. The molecule has 0 fully saturated rings. The molecule has 0 saturated carbocycles. The maximum absolute atomic E-state index is 11.1. The average molecular weight is 307 g/mol. The summed E-state index contributed by atoms with van der Waals surface area (Å²) >= 11 is 6.06. The summed E-state index contributed by atoms with van der Waals surface area (Å²) in [5.41, 5.74) is 2.80. The lowest BCUT2D eigenvalue weighted by molar-refractivity contribution is -0.142. The second-order valence-corrected chi connectivity index (χ2v) is 5.56. The van der Waals surface area contributed by atoms with Gasteiger partial charge >= 0.3 is 5.97 Å². The van der Waals surface area contributed by atoms with Crippen molar-refractivity contribution in [1.29, 1.82) is 0 Å². The van der Waals surface area contributed by atoms with Crippen molar-refractivity contribution in [3.05, 3.63) is 40.7 Å². The van der Waals surface area contributed by atoms with Gasteiger partial charge in [-0.2, -0.15) is 5.10 Å². The van der Waals surface area contributed by atoms with Crippen LogP contribution in [0.3, 0.4) is 0 Å². The van der Waals surface area contributed by atoms with Crippen molar-refractivity contribution in [1.82, 2.24) is 9.78 Å². The molecule has 1 aromatic heterocycles. The predicted octanol–water partition coefficient (Wildman–Crippen LogP) is 2.72. The Kier molecular flexibility index (Phi) is 3.59. The lowest BCUT2D eigenvalue weighted by Crippen LogP contribution is -2.22. The number of aromatic nitrogens is 2. The fourth-order valence-electron chi connectivity index (χ4n) is 2.77. The van der Waals surface area contributed by atoms with Gasteiger partial charge in [-0.05, 0) is 43.0 Å². The Balaban J connectivity index is 2.03. The number of carbonyl (C=O) groups is 1. The number of ether oxygens (including phenoxy) is 1. The van der Waals surface area contributed by atoms with Crippen molar-refractivity contribution in [2.45, 2.75) is 19.3 Å². The van der Waals surface area contributed by atoms with Crippen LogP contribution in [0.5, 0.6) is 5.75 Å². The molecular formula is C15H15ClN2O3. The number of halogens is 1. The highest BCUT2D eigenvalue weighted by Crippen LogP contribution is 2.32. The van der Waals surface area contributed by atoms with E-state index in [1.54, 1.807) is 36.2 Å². The third-order valence-electron chi connectivity index (χ3n) is 3.87. The van der Waals surface area contributed by atoms with Crippen LogP contribution in [-0.2, 0) is 17.6 Å². The summed E-state index contributed by atoms with van der Waals surface area (Å²) < 4.78 is 7.16. The Morgan fingerprint density at radius 3 is 3.05 bits per heavy atom. The van der Waals surface area contributed by atoms with Crippen molar-refractivity contribution in [3.63, 3.8) is 0 Å². The van der Waals surface area contributed by atoms with Crippen LogP contribution in [0.15, 0.2) is 24.4 Å². The smallest absolute Gasteiger partial charge is 0.306 e. The van der Waals surface area contributed by atoms with E-state index in [2.05, 4.69) is 5.10 Å². The Labute approximate surface area is 127 Å². The molecular weight excluding hydrogens is 292 g/mol. The first-order chi connectivity index (χ1) is 10.1. The largest absolute Gasteiger partial charge is 0.494 e. The molecule has 1 atom stereocenters. The van der Waals surface area contributed by atoms with Crippen LogP contribution in [0.2, 0.25) is 5.02 Å². The van der Waals surface area contributed by atoms with E-state index in [1.807, 2.05) is 0 Å². The van der Waals surface area contributed by atoms with Gasteiger partial charge in [-0.3, -0.25) is 4.79 Å². The van der Waals surface area contributed by atoms with Gasteiger partial charge in [0.1, 0.15) is 11.4 Å². The number of hydrogen-bond donors (Lipinski definition) is 1. The molecule has 0 radical (unpaired) electrons. The number of benzene rings is 1. The maximum atomic E-state index is 11.1. The van der Waals surface area contributed by atoms with E-state index in [1.165, 1.54) is 0 Å². The van der Waals surface area contributed by atoms with Gasteiger partial charge in [0.2, 0.25) is 0 Å². The number of fused-ring (bicyclic) bond motifs is 1. The molecule has 1 aliphatic rings. The van der Waals surface area contributed by atoms with E-state index in [4.69, 9.17) is 21.4 Å². The van der Waals surface area contributed by atoms with Gasteiger partial charge in [0.25, 0.3) is 0 Å². The summed E-state index contributed by atoms with van der Waals surface area (Å²) in [5.74, 6) is -0.379. The molecule has 0 spiro atoms. The summed E-state index contributed by atoms with van der Waals surface area (Å²) in [4.78, 5) is 11.1. The van der Waals surface area contributed by atoms with Crippen LogP contribution in [0, 0.1) is 5.92 Å². The molecule has 3 rings (SSSR count). The van der Waals surface area contributed by atoms with E-state index in [-0.39, 0.29) is 5.92 Å². The van der Waals surface area contributed by atoms with E-state index in [0.29, 0.717) is 30.0 Å². The molecule has 6 heteroatoms. The zero-order valence-corrected chi connectivity index (χ0v) is 12.3. The summed E-state index contributed by atoms with van der Waals surface area (Å²) in [6, 6.07) is 5.37. The van der Waals surface area contributed by atoms with Crippen LogP contribution in [0.25, 0.3) is 5.69 Å². The van der Waals surface area contributed by atoms with Crippen LogP contribution in [-0.4, -0.2) is 28.0 Å². The number of carboxylic acids is 1. The summed E-state index contributed by atoms with van der Waals surface area (Å²) in [6.07, 6.45) is 3.57. The molecule has 0 aliphatic heterocycles. The van der Waals surface area contributed by atoms with E-state index < -0.39 is 5.97 Å². The molecule has 1 aromatic carbocycles. The Bertz CT molecular complexity index is 696. The van der Waals surface area contributed by atoms with Gasteiger partial charge in [0.15, 0.2) is 0 Å². The first kappa shape index (κ1) is 13.9. The summed E-state index contributed by atoms with van der Waals surface area (Å²) in [7, 11) is 1.60. The quantitative estimate of drug-likeness (QED) is 0.947. The van der Waals surface area contributed by atoms with Crippen LogP contribution < -0.4 is 4.74 Å². The topological polar surface area (TPSA) is 64.4 Å². The third-order valence-corrected chi connectivity index (χ3v) is 4.10. The normalized spacial score (nSPS) is 17.3. The van der Waals surface area contributed by atoms with Crippen molar-refractivity contribution >= 4 is 17.6 Å². The zero-order valence-electron chi connectivity index (χ0n) is 11.5. The first-order valence-corrected chi connectivity index (χ1v) is 7.10. The van der Waals surface area contributed by atoms with E-state index in [9.17, 15) is 4.79 Å². The molecule has 110 valence electrons. The minimum absolute atomic E-state index is 0.323. The fourth-order valence-corrected chi connectivity index (χ4v) is 2.94. The maximum Gasteiger partial charge on any atom is 0.306 e.